The monoisotopic (exact) mass is 442 g/mol. The summed E-state index contributed by atoms with van der Waals surface area (Å²) in [5.41, 5.74) is -4.96. The maximum absolute atomic E-state index is 14.4. The fourth-order valence-electron chi connectivity index (χ4n) is 2.54. The largest absolute Gasteiger partial charge is 0.450 e. The van der Waals surface area contributed by atoms with Crippen LogP contribution >= 0.6 is 11.6 Å². The van der Waals surface area contributed by atoms with Crippen LogP contribution in [-0.2, 0) is 12.6 Å². The van der Waals surface area contributed by atoms with Crippen LogP contribution in [0.2, 0.25) is 5.02 Å². The molecule has 30 heavy (non-hydrogen) atoms. The number of nitrogens with one attached hydrogen (secondary N) is 2. The molecule has 0 spiro atoms. The Kier molecular flexibility index (Phi) is 5.79. The number of ether oxygens (including phenoxy) is 1. The summed E-state index contributed by atoms with van der Waals surface area (Å²) in [6, 6.07) is 5.66. The molecule has 1 aromatic carbocycles. The van der Waals surface area contributed by atoms with E-state index in [2.05, 4.69) is 4.98 Å². The molecule has 0 bridgehead atoms. The molecule has 0 aliphatic rings. The average Bonchev–Trinajstić information content (AvgIpc) is 2.79. The third kappa shape index (κ3) is 4.77. The lowest BCUT2D eigenvalue weighted by Gasteiger charge is -2.10. The van der Waals surface area contributed by atoms with Crippen molar-refractivity contribution in [1.29, 1.82) is 0 Å². The number of rotatable bonds is 4. The molecule has 0 saturated heterocycles. The van der Waals surface area contributed by atoms with E-state index >= 15 is 0 Å². The average molecular weight is 443 g/mol. The van der Waals surface area contributed by atoms with Crippen molar-refractivity contribution in [3.05, 3.63) is 101 Å². The van der Waals surface area contributed by atoms with Gasteiger partial charge in [-0.05, 0) is 29.8 Å². The zero-order valence-electron chi connectivity index (χ0n) is 14.8. The standard InChI is InChI=1S/C19H11ClF4N2O4/c20-11-7-12(21)9(5-15(11)30-14-2-1-3-25-18(14)29)4-10-6-17(28)26-16(8-13(10)27)19(22,23)24/h1-3,5-8H,4H2,(H,25,29)(H,26,28). The van der Waals surface area contributed by atoms with E-state index in [1.807, 2.05) is 0 Å². The maximum Gasteiger partial charge on any atom is 0.431 e. The molecule has 0 atom stereocenters. The highest BCUT2D eigenvalue weighted by Gasteiger charge is 2.32. The number of pyridine rings is 1. The number of aromatic amines is 2. The molecule has 11 heteroatoms. The minimum Gasteiger partial charge on any atom is -0.450 e. The lowest BCUT2D eigenvalue weighted by Crippen LogP contribution is -2.13. The summed E-state index contributed by atoms with van der Waals surface area (Å²) >= 11 is 5.94. The van der Waals surface area contributed by atoms with Crippen LogP contribution in [0.5, 0.6) is 11.5 Å². The summed E-state index contributed by atoms with van der Waals surface area (Å²) in [7, 11) is 0. The maximum atomic E-state index is 14.4. The summed E-state index contributed by atoms with van der Waals surface area (Å²) in [6.07, 6.45) is -4.09. The molecule has 156 valence electrons. The van der Waals surface area contributed by atoms with Crippen LogP contribution in [0.3, 0.4) is 0 Å². The summed E-state index contributed by atoms with van der Waals surface area (Å²) < 4.78 is 58.3. The van der Waals surface area contributed by atoms with Crippen molar-refractivity contribution in [3.63, 3.8) is 0 Å². The van der Waals surface area contributed by atoms with Gasteiger partial charge in [-0.25, -0.2) is 4.39 Å². The zero-order valence-corrected chi connectivity index (χ0v) is 15.5. The molecule has 3 rings (SSSR count). The first-order chi connectivity index (χ1) is 14.0. The smallest absolute Gasteiger partial charge is 0.431 e. The minimum absolute atomic E-state index is 0.123. The van der Waals surface area contributed by atoms with Crippen LogP contribution in [0, 0.1) is 5.82 Å². The highest BCUT2D eigenvalue weighted by molar-refractivity contribution is 6.32. The van der Waals surface area contributed by atoms with Crippen molar-refractivity contribution in [2.45, 2.75) is 12.6 Å². The van der Waals surface area contributed by atoms with Crippen LogP contribution in [-0.4, -0.2) is 9.97 Å². The van der Waals surface area contributed by atoms with Gasteiger partial charge in [-0.15, -0.1) is 0 Å². The first-order valence-electron chi connectivity index (χ1n) is 8.23. The third-order valence-electron chi connectivity index (χ3n) is 3.94. The molecule has 0 radical (unpaired) electrons. The summed E-state index contributed by atoms with van der Waals surface area (Å²) in [5.74, 6) is -1.14. The molecule has 6 nitrogen and oxygen atoms in total. The summed E-state index contributed by atoms with van der Waals surface area (Å²) in [6.45, 7) is 0. The second-order valence-corrected chi connectivity index (χ2v) is 6.50. The molecule has 2 heterocycles. The Morgan fingerprint density at radius 3 is 2.40 bits per heavy atom. The van der Waals surface area contributed by atoms with E-state index in [1.165, 1.54) is 18.3 Å². The number of aromatic nitrogens is 2. The SMILES string of the molecule is O=c1cc(Cc2cc(Oc3ccc[nH]c3=O)c(Cl)cc2F)c(=O)cc(C(F)(F)F)[nH]1. The van der Waals surface area contributed by atoms with E-state index in [4.69, 9.17) is 16.3 Å². The molecule has 3 aromatic rings. The van der Waals surface area contributed by atoms with Crippen LogP contribution in [0.4, 0.5) is 17.6 Å². The second kappa shape index (κ2) is 8.15. The van der Waals surface area contributed by atoms with Crippen LogP contribution < -0.4 is 21.3 Å². The fraction of sp³-hybridized carbons (Fsp3) is 0.105. The molecule has 0 saturated carbocycles. The molecule has 2 N–H and O–H groups in total. The van der Waals surface area contributed by atoms with Crippen molar-refractivity contribution in [3.8, 4) is 11.5 Å². The molecule has 0 fully saturated rings. The van der Waals surface area contributed by atoms with Gasteiger partial charge in [-0.2, -0.15) is 13.2 Å². The second-order valence-electron chi connectivity index (χ2n) is 6.10. The van der Waals surface area contributed by atoms with E-state index in [1.54, 1.807) is 4.98 Å². The van der Waals surface area contributed by atoms with Gasteiger partial charge in [-0.3, -0.25) is 14.4 Å². The van der Waals surface area contributed by atoms with Crippen molar-refractivity contribution in [2.24, 2.45) is 0 Å². The van der Waals surface area contributed by atoms with Gasteiger partial charge in [0.05, 0.1) is 5.02 Å². The van der Waals surface area contributed by atoms with Gasteiger partial charge in [0.1, 0.15) is 17.3 Å². The molecule has 0 unspecified atom stereocenters. The van der Waals surface area contributed by atoms with E-state index in [0.29, 0.717) is 6.07 Å². The first kappa shape index (κ1) is 21.3. The molecule has 2 aromatic heterocycles. The molecule has 0 aliphatic carbocycles. The van der Waals surface area contributed by atoms with Gasteiger partial charge in [0.15, 0.2) is 11.2 Å². The fourth-order valence-corrected chi connectivity index (χ4v) is 2.73. The van der Waals surface area contributed by atoms with Gasteiger partial charge in [0, 0.05) is 30.3 Å². The normalized spacial score (nSPS) is 11.4. The topological polar surface area (TPSA) is 92.0 Å². The molecular weight excluding hydrogens is 432 g/mol. The predicted molar refractivity (Wildman–Crippen MR) is 99.7 cm³/mol. The number of halogens is 5. The van der Waals surface area contributed by atoms with E-state index in [9.17, 15) is 31.9 Å². The highest BCUT2D eigenvalue weighted by atomic mass is 35.5. The van der Waals surface area contributed by atoms with E-state index < -0.39 is 40.7 Å². The minimum atomic E-state index is -4.94. The lowest BCUT2D eigenvalue weighted by atomic mass is 10.0. The molecule has 0 aliphatic heterocycles. The van der Waals surface area contributed by atoms with Gasteiger partial charge in [0.2, 0.25) is 5.56 Å². The van der Waals surface area contributed by atoms with Gasteiger partial charge in [-0.1, -0.05) is 11.6 Å². The van der Waals surface area contributed by atoms with Crippen LogP contribution in [0.25, 0.3) is 0 Å². The third-order valence-corrected chi connectivity index (χ3v) is 4.24. The Bertz CT molecular complexity index is 1280. The van der Waals surface area contributed by atoms with E-state index in [-0.39, 0.29) is 33.7 Å². The number of benzene rings is 1. The van der Waals surface area contributed by atoms with Crippen molar-refractivity contribution >= 4 is 11.6 Å². The number of alkyl halides is 3. The number of hydrogen-bond donors (Lipinski definition) is 2. The molecule has 0 amide bonds. The molecular formula is C19H11ClF4N2O4. The van der Waals surface area contributed by atoms with Gasteiger partial charge < -0.3 is 14.7 Å². The Morgan fingerprint density at radius 2 is 1.73 bits per heavy atom. The quantitative estimate of drug-likeness (QED) is 0.604. The summed E-state index contributed by atoms with van der Waals surface area (Å²) in [4.78, 5) is 39.5. The number of hydrogen-bond acceptors (Lipinski definition) is 4. The van der Waals surface area contributed by atoms with Gasteiger partial charge in [0.25, 0.3) is 5.56 Å². The zero-order chi connectivity index (χ0) is 22.1. The lowest BCUT2D eigenvalue weighted by molar-refractivity contribution is -0.141. The van der Waals surface area contributed by atoms with Crippen molar-refractivity contribution in [2.75, 3.05) is 0 Å². The van der Waals surface area contributed by atoms with Crippen LogP contribution in [0.15, 0.2) is 57.0 Å². The Balaban J connectivity index is 2.04. The first-order valence-corrected chi connectivity index (χ1v) is 8.60. The number of H-pyrrole nitrogens is 2. The van der Waals surface area contributed by atoms with Gasteiger partial charge >= 0.3 is 6.18 Å². The Morgan fingerprint density at radius 1 is 1.00 bits per heavy atom. The highest BCUT2D eigenvalue weighted by Crippen LogP contribution is 2.31. The van der Waals surface area contributed by atoms with Crippen molar-refractivity contribution < 1.29 is 22.3 Å². The van der Waals surface area contributed by atoms with E-state index in [0.717, 1.165) is 12.1 Å². The Labute approximate surface area is 169 Å². The predicted octanol–water partition coefficient (Wildman–Crippen LogP) is 3.62. The van der Waals surface area contributed by atoms with Crippen molar-refractivity contribution in [1.82, 2.24) is 9.97 Å². The summed E-state index contributed by atoms with van der Waals surface area (Å²) in [5, 5.41) is -0.183. The Hall–Kier alpha value is -3.40. The van der Waals surface area contributed by atoms with Crippen LogP contribution in [0.1, 0.15) is 16.8 Å².